The zero-order chi connectivity index (χ0) is 27.3. The van der Waals surface area contributed by atoms with E-state index in [4.69, 9.17) is 9.47 Å². The smallest absolute Gasteiger partial charge is 0.335 e. The summed E-state index contributed by atoms with van der Waals surface area (Å²) in [5.41, 5.74) is -1.82. The maximum Gasteiger partial charge on any atom is 0.335 e. The zero-order valence-electron chi connectivity index (χ0n) is 19.1. The van der Waals surface area contributed by atoms with Gasteiger partial charge in [-0.25, -0.2) is 14.4 Å². The van der Waals surface area contributed by atoms with Crippen molar-refractivity contribution in [3.05, 3.63) is 59.7 Å². The molecule has 0 aromatic heterocycles. The molecular formula is C25H24O12. The molecule has 0 spiro atoms. The number of aromatic hydroxyl groups is 4. The summed E-state index contributed by atoms with van der Waals surface area (Å²) in [5.74, 6) is -5.29. The van der Waals surface area contributed by atoms with E-state index in [9.17, 15) is 50.1 Å². The molecule has 0 saturated heterocycles. The van der Waals surface area contributed by atoms with Gasteiger partial charge in [-0.05, 0) is 47.5 Å². The number of aliphatic hydroxyl groups is 2. The van der Waals surface area contributed by atoms with Crippen molar-refractivity contribution in [3.63, 3.8) is 0 Å². The van der Waals surface area contributed by atoms with Gasteiger partial charge < -0.3 is 45.2 Å². The number of ether oxygens (including phenoxy) is 2. The quantitative estimate of drug-likeness (QED) is 0.156. The van der Waals surface area contributed by atoms with Gasteiger partial charge in [-0.3, -0.25) is 0 Å². The number of hydrogen-bond acceptors (Lipinski definition) is 11. The SMILES string of the molecule is O=C(/C=C/c1ccc(O)c(O)c1)O[C@@H]1C[C@@](O)(C(=O)O)CC(O)[C@@H]1OC(=O)/C=C/c1ccc(O)c(O)c1. The monoisotopic (exact) mass is 516 g/mol. The van der Waals surface area contributed by atoms with Gasteiger partial charge in [-0.2, -0.15) is 0 Å². The Hall–Kier alpha value is -4.55. The van der Waals surface area contributed by atoms with Gasteiger partial charge in [0.15, 0.2) is 34.7 Å². The van der Waals surface area contributed by atoms with Gasteiger partial charge in [-0.1, -0.05) is 12.1 Å². The second-order valence-electron chi connectivity index (χ2n) is 8.35. The van der Waals surface area contributed by atoms with Gasteiger partial charge in [0.2, 0.25) is 0 Å². The Balaban J connectivity index is 1.75. The van der Waals surface area contributed by atoms with Gasteiger partial charge >= 0.3 is 17.9 Å². The molecule has 1 unspecified atom stereocenters. The van der Waals surface area contributed by atoms with Crippen LogP contribution in [0.25, 0.3) is 12.2 Å². The van der Waals surface area contributed by atoms with Crippen LogP contribution in [0, 0.1) is 0 Å². The van der Waals surface area contributed by atoms with E-state index >= 15 is 0 Å². The number of aliphatic carboxylic acids is 1. The van der Waals surface area contributed by atoms with E-state index in [2.05, 4.69) is 0 Å². The van der Waals surface area contributed by atoms with Crippen LogP contribution in [0.5, 0.6) is 23.0 Å². The van der Waals surface area contributed by atoms with Crippen LogP contribution in [-0.2, 0) is 23.9 Å². The number of carbonyl (C=O) groups is 3. The predicted octanol–water partition coefficient (Wildman–Crippen LogP) is 1.03. The van der Waals surface area contributed by atoms with Crippen molar-refractivity contribution in [1.29, 1.82) is 0 Å². The maximum absolute atomic E-state index is 12.4. The largest absolute Gasteiger partial charge is 0.504 e. The van der Waals surface area contributed by atoms with Crippen molar-refractivity contribution >= 4 is 30.1 Å². The third kappa shape index (κ3) is 6.78. The second-order valence-corrected chi connectivity index (χ2v) is 8.35. The van der Waals surface area contributed by atoms with Gasteiger partial charge in [-0.15, -0.1) is 0 Å². The number of carboxylic acid groups (broad SMARTS) is 1. The molecule has 2 aromatic carbocycles. The Morgan fingerprint density at radius 3 is 1.73 bits per heavy atom. The van der Waals surface area contributed by atoms with E-state index < -0.39 is 66.2 Å². The second kappa shape index (κ2) is 11.0. The summed E-state index contributed by atoms with van der Waals surface area (Å²) in [6.45, 7) is 0. The average molecular weight is 516 g/mol. The molecule has 2 aromatic rings. The lowest BCUT2D eigenvalue weighted by atomic mass is 9.79. The molecule has 12 nitrogen and oxygen atoms in total. The molecule has 3 rings (SSSR count). The van der Waals surface area contributed by atoms with Gasteiger partial charge in [0.25, 0.3) is 0 Å². The highest BCUT2D eigenvalue weighted by Crippen LogP contribution is 2.33. The Bertz CT molecular complexity index is 1250. The number of carboxylic acids is 1. The predicted molar refractivity (Wildman–Crippen MR) is 125 cm³/mol. The lowest BCUT2D eigenvalue weighted by Crippen LogP contribution is -2.58. The highest BCUT2D eigenvalue weighted by atomic mass is 16.6. The lowest BCUT2D eigenvalue weighted by molar-refractivity contribution is -0.204. The number of phenolic OH excluding ortho intramolecular Hbond substituents is 4. The van der Waals surface area contributed by atoms with Crippen molar-refractivity contribution in [2.24, 2.45) is 0 Å². The fraction of sp³-hybridized carbons (Fsp3) is 0.240. The van der Waals surface area contributed by atoms with E-state index in [1.54, 1.807) is 0 Å². The fourth-order valence-electron chi connectivity index (χ4n) is 3.66. The molecule has 0 amide bonds. The van der Waals surface area contributed by atoms with Crippen molar-refractivity contribution < 1.29 is 59.6 Å². The highest BCUT2D eigenvalue weighted by Gasteiger charge is 2.52. The van der Waals surface area contributed by atoms with E-state index in [1.807, 2.05) is 0 Å². The number of hydrogen-bond donors (Lipinski definition) is 7. The first-order valence-electron chi connectivity index (χ1n) is 10.8. The maximum atomic E-state index is 12.4. The van der Waals surface area contributed by atoms with Crippen molar-refractivity contribution in [2.75, 3.05) is 0 Å². The Morgan fingerprint density at radius 2 is 1.27 bits per heavy atom. The Labute approximate surface area is 209 Å². The molecule has 0 aliphatic heterocycles. The van der Waals surface area contributed by atoms with Crippen molar-refractivity contribution in [3.8, 4) is 23.0 Å². The Kier molecular flexibility index (Phi) is 8.05. The average Bonchev–Trinajstić information content (AvgIpc) is 2.82. The number of rotatable bonds is 7. The molecule has 0 bridgehead atoms. The topological polar surface area (TPSA) is 211 Å². The number of benzene rings is 2. The van der Waals surface area contributed by atoms with Crippen molar-refractivity contribution in [2.45, 2.75) is 36.8 Å². The molecule has 37 heavy (non-hydrogen) atoms. The van der Waals surface area contributed by atoms with E-state index in [0.29, 0.717) is 11.1 Å². The Morgan fingerprint density at radius 1 is 0.784 bits per heavy atom. The summed E-state index contributed by atoms with van der Waals surface area (Å²) in [4.78, 5) is 36.3. The van der Waals surface area contributed by atoms with E-state index in [-0.39, 0.29) is 11.5 Å². The standard InChI is InChI=1S/C25H24O12/c26-15-5-1-13(9-17(15)28)3-7-21(31)36-20-12-25(35,24(33)34)11-19(30)23(20)37-22(32)8-4-14-2-6-16(27)18(29)10-14/h1-10,19-20,23,26-30,35H,11-12H2,(H,33,34)/b7-3+,8-4+/t19?,20-,23+,25-/m1/s1. The van der Waals surface area contributed by atoms with Crippen molar-refractivity contribution in [1.82, 2.24) is 0 Å². The normalized spacial score (nSPS) is 23.7. The molecule has 1 aliphatic carbocycles. The van der Waals surface area contributed by atoms with E-state index in [0.717, 1.165) is 18.2 Å². The molecule has 7 N–H and O–H groups in total. The summed E-state index contributed by atoms with van der Waals surface area (Å²) < 4.78 is 10.4. The summed E-state index contributed by atoms with van der Waals surface area (Å²) in [7, 11) is 0. The molecule has 0 heterocycles. The third-order valence-corrected chi connectivity index (χ3v) is 5.57. The first kappa shape index (κ1) is 27.0. The first-order valence-corrected chi connectivity index (χ1v) is 10.8. The summed E-state index contributed by atoms with van der Waals surface area (Å²) in [6, 6.07) is 7.50. The molecular weight excluding hydrogens is 492 g/mol. The van der Waals surface area contributed by atoms with Crippen LogP contribution in [0.4, 0.5) is 0 Å². The molecule has 0 radical (unpaired) electrons. The summed E-state index contributed by atoms with van der Waals surface area (Å²) in [5, 5.41) is 68.0. The summed E-state index contributed by atoms with van der Waals surface area (Å²) in [6.07, 6.45) is -1.86. The molecule has 1 fully saturated rings. The highest BCUT2D eigenvalue weighted by molar-refractivity contribution is 5.88. The van der Waals surface area contributed by atoms with Crippen LogP contribution in [-0.4, -0.2) is 77.6 Å². The van der Waals surface area contributed by atoms with Crippen LogP contribution in [0.15, 0.2) is 48.6 Å². The zero-order valence-corrected chi connectivity index (χ0v) is 19.1. The minimum absolute atomic E-state index is 0.311. The minimum Gasteiger partial charge on any atom is -0.504 e. The van der Waals surface area contributed by atoms with Crippen LogP contribution in [0.2, 0.25) is 0 Å². The number of aliphatic hydroxyl groups excluding tert-OH is 1. The van der Waals surface area contributed by atoms with Gasteiger partial charge in [0.05, 0.1) is 6.10 Å². The minimum atomic E-state index is -2.46. The number of esters is 2. The number of carbonyl (C=O) groups excluding carboxylic acids is 2. The van der Waals surface area contributed by atoms with Crippen LogP contribution in [0.1, 0.15) is 24.0 Å². The van der Waals surface area contributed by atoms with Crippen LogP contribution in [0.3, 0.4) is 0 Å². The van der Waals surface area contributed by atoms with Gasteiger partial charge in [0.1, 0.15) is 6.10 Å². The number of phenols is 4. The first-order chi connectivity index (χ1) is 17.4. The summed E-state index contributed by atoms with van der Waals surface area (Å²) >= 11 is 0. The van der Waals surface area contributed by atoms with E-state index in [1.165, 1.54) is 42.5 Å². The van der Waals surface area contributed by atoms with Gasteiger partial charge in [0, 0.05) is 25.0 Å². The van der Waals surface area contributed by atoms with Crippen LogP contribution < -0.4 is 0 Å². The molecule has 4 atom stereocenters. The molecule has 1 saturated carbocycles. The lowest BCUT2D eigenvalue weighted by Gasteiger charge is -2.40. The van der Waals surface area contributed by atoms with Crippen LogP contribution >= 0.6 is 0 Å². The molecule has 12 heteroatoms. The fourth-order valence-corrected chi connectivity index (χ4v) is 3.66. The molecule has 196 valence electrons. The third-order valence-electron chi connectivity index (χ3n) is 5.57. The molecule has 1 aliphatic rings.